The van der Waals surface area contributed by atoms with Gasteiger partial charge in [0, 0.05) is 0 Å². The SMILES string of the molecule is C[CH2][Al+][CH2]C.Cc1ccccc1.[H-]. The molecule has 0 unspecified atom stereocenters. The van der Waals surface area contributed by atoms with Crippen LogP contribution in [0.1, 0.15) is 20.8 Å². The van der Waals surface area contributed by atoms with E-state index in [4.69, 9.17) is 0 Å². The number of hydrogen-bond acceptors (Lipinski definition) is 0. The van der Waals surface area contributed by atoms with Crippen molar-refractivity contribution < 1.29 is 1.43 Å². The molecule has 0 saturated carbocycles. The van der Waals surface area contributed by atoms with Crippen LogP contribution in [0.4, 0.5) is 0 Å². The van der Waals surface area contributed by atoms with E-state index >= 15 is 0 Å². The largest absolute Gasteiger partial charge is 1.00 e. The quantitative estimate of drug-likeness (QED) is 0.606. The summed E-state index contributed by atoms with van der Waals surface area (Å²) in [5.41, 5.74) is 1.32. The topological polar surface area (TPSA) is 0 Å². The number of benzene rings is 1. The van der Waals surface area contributed by atoms with Crippen LogP contribution >= 0.6 is 0 Å². The molecule has 0 aliphatic heterocycles. The molecule has 0 radical (unpaired) electrons. The van der Waals surface area contributed by atoms with Crippen LogP contribution in [0.2, 0.25) is 10.6 Å². The Morgan fingerprint density at radius 1 is 1.08 bits per heavy atom. The normalized spacial score (nSPS) is 7.92. The minimum Gasteiger partial charge on any atom is -1.00 e. The van der Waals surface area contributed by atoms with E-state index in [1.807, 2.05) is 18.2 Å². The first-order valence-corrected chi connectivity index (χ1v) is 6.27. The molecule has 0 nitrogen and oxygen atoms in total. The van der Waals surface area contributed by atoms with E-state index < -0.39 is 0 Å². The van der Waals surface area contributed by atoms with Crippen LogP contribution in [0.3, 0.4) is 0 Å². The molecule has 0 fully saturated rings. The fourth-order valence-corrected chi connectivity index (χ4v) is 1.40. The first-order chi connectivity index (χ1) is 5.81. The maximum atomic E-state index is 2.25. The summed E-state index contributed by atoms with van der Waals surface area (Å²) in [4.78, 5) is 0. The smallest absolute Gasteiger partial charge is 0.0398 e. The summed E-state index contributed by atoms with van der Waals surface area (Å²) in [6, 6.07) is 10.3. The van der Waals surface area contributed by atoms with Gasteiger partial charge >= 0.3 is 39.6 Å². The molecule has 0 amide bonds. The second kappa shape index (κ2) is 8.85. The van der Waals surface area contributed by atoms with Crippen LogP contribution in [0, 0.1) is 6.92 Å². The molecule has 1 aromatic carbocycles. The van der Waals surface area contributed by atoms with E-state index in [0.717, 1.165) is 15.2 Å². The summed E-state index contributed by atoms with van der Waals surface area (Å²) in [6.07, 6.45) is 0. The molecular weight excluding hydrogens is 159 g/mol. The van der Waals surface area contributed by atoms with Gasteiger partial charge in [-0.3, -0.25) is 0 Å². The van der Waals surface area contributed by atoms with E-state index in [2.05, 4.69) is 32.9 Å². The van der Waals surface area contributed by atoms with Crippen LogP contribution in [0.15, 0.2) is 30.3 Å². The van der Waals surface area contributed by atoms with Crippen molar-refractivity contribution in [3.05, 3.63) is 35.9 Å². The molecule has 0 saturated heterocycles. The van der Waals surface area contributed by atoms with Gasteiger partial charge in [0.1, 0.15) is 0 Å². The summed E-state index contributed by atoms with van der Waals surface area (Å²) in [5.74, 6) is 0. The molecule has 0 aliphatic rings. The van der Waals surface area contributed by atoms with Gasteiger partial charge in [0.05, 0.1) is 0 Å². The van der Waals surface area contributed by atoms with Crippen LogP contribution < -0.4 is 0 Å². The third kappa shape index (κ3) is 7.86. The van der Waals surface area contributed by atoms with Crippen molar-refractivity contribution in [3.8, 4) is 0 Å². The zero-order chi connectivity index (χ0) is 9.23. The van der Waals surface area contributed by atoms with Gasteiger partial charge in [-0.05, 0) is 6.92 Å². The molecular formula is C11H19Al. The predicted molar refractivity (Wildman–Crippen MR) is 59.0 cm³/mol. The molecule has 12 heavy (non-hydrogen) atoms. The van der Waals surface area contributed by atoms with Gasteiger partial charge in [-0.2, -0.15) is 0 Å². The zero-order valence-electron chi connectivity index (χ0n) is 9.38. The third-order valence-electron chi connectivity index (χ3n) is 1.52. The Hall–Kier alpha value is -0.248. The van der Waals surface area contributed by atoms with Crippen molar-refractivity contribution in [2.45, 2.75) is 31.3 Å². The standard InChI is InChI=1S/C7H8.2C2H5.Al.H/c1-7-5-3-2-4-6-7;2*1-2;;/h2-6H,1H3;2*1H2,2H3;;/q;;;+1;-1. The molecule has 1 rings (SSSR count). The van der Waals surface area contributed by atoms with Gasteiger partial charge in [-0.15, -0.1) is 0 Å². The van der Waals surface area contributed by atoms with E-state index in [1.165, 1.54) is 16.1 Å². The molecule has 0 spiro atoms. The van der Waals surface area contributed by atoms with Crippen molar-refractivity contribution in [2.24, 2.45) is 0 Å². The molecule has 0 N–H and O–H groups in total. The minimum absolute atomic E-state index is 0. The molecule has 0 bridgehead atoms. The Morgan fingerprint density at radius 3 is 1.75 bits per heavy atom. The first-order valence-electron chi connectivity index (χ1n) is 4.64. The fourth-order valence-electron chi connectivity index (χ4n) is 0.823. The Balaban J connectivity index is 0. The van der Waals surface area contributed by atoms with Crippen molar-refractivity contribution >= 4 is 15.2 Å². The van der Waals surface area contributed by atoms with Crippen LogP contribution in [0.5, 0.6) is 0 Å². The van der Waals surface area contributed by atoms with Gasteiger partial charge in [-0.25, -0.2) is 0 Å². The van der Waals surface area contributed by atoms with Crippen LogP contribution in [-0.4, -0.2) is 15.2 Å². The first kappa shape index (κ1) is 11.8. The second-order valence-electron chi connectivity index (χ2n) is 2.76. The average molecular weight is 178 g/mol. The van der Waals surface area contributed by atoms with Crippen LogP contribution in [-0.2, 0) is 0 Å². The van der Waals surface area contributed by atoms with Crippen molar-refractivity contribution in [1.82, 2.24) is 0 Å². The molecule has 1 heteroatoms. The fraction of sp³-hybridized carbons (Fsp3) is 0.455. The Bertz CT molecular complexity index is 173. The minimum atomic E-state index is 0. The van der Waals surface area contributed by atoms with Gasteiger partial charge in [-0.1, -0.05) is 35.9 Å². The second-order valence-corrected chi connectivity index (χ2v) is 4.97. The zero-order valence-corrected chi connectivity index (χ0v) is 9.53. The summed E-state index contributed by atoms with van der Waals surface area (Å²) in [6.45, 7) is 6.58. The van der Waals surface area contributed by atoms with E-state index in [1.54, 1.807) is 0 Å². The van der Waals surface area contributed by atoms with Crippen LogP contribution in [0.25, 0.3) is 0 Å². The van der Waals surface area contributed by atoms with Crippen molar-refractivity contribution in [1.29, 1.82) is 0 Å². The van der Waals surface area contributed by atoms with Gasteiger partial charge in [0.25, 0.3) is 0 Å². The van der Waals surface area contributed by atoms with E-state index in [0.29, 0.717) is 0 Å². The summed E-state index contributed by atoms with van der Waals surface area (Å²) < 4.78 is 0. The molecule has 0 heterocycles. The third-order valence-corrected chi connectivity index (χ3v) is 2.67. The van der Waals surface area contributed by atoms with Gasteiger partial charge < -0.3 is 1.43 Å². The number of hydrogen-bond donors (Lipinski definition) is 0. The molecule has 66 valence electrons. The molecule has 1 aromatic rings. The molecule has 0 aromatic heterocycles. The Labute approximate surface area is 84.2 Å². The predicted octanol–water partition coefficient (Wildman–Crippen LogP) is 3.67. The summed E-state index contributed by atoms with van der Waals surface area (Å²) in [7, 11) is 0. The van der Waals surface area contributed by atoms with Gasteiger partial charge in [0.15, 0.2) is 0 Å². The average Bonchev–Trinajstić information content (AvgIpc) is 2.08. The Kier molecular flexibility index (Phi) is 8.66. The summed E-state index contributed by atoms with van der Waals surface area (Å²) in [5, 5.41) is 2.85. The number of rotatable bonds is 2. The van der Waals surface area contributed by atoms with Crippen molar-refractivity contribution in [3.63, 3.8) is 0 Å². The monoisotopic (exact) mass is 178 g/mol. The van der Waals surface area contributed by atoms with Crippen molar-refractivity contribution in [2.75, 3.05) is 0 Å². The Morgan fingerprint density at radius 2 is 1.58 bits per heavy atom. The van der Waals surface area contributed by atoms with Gasteiger partial charge in [0.2, 0.25) is 0 Å². The van der Waals surface area contributed by atoms with E-state index in [-0.39, 0.29) is 1.43 Å². The molecule has 0 atom stereocenters. The number of aryl methyl sites for hydroxylation is 1. The maximum Gasteiger partial charge on any atom is -0.0398 e. The summed E-state index contributed by atoms with van der Waals surface area (Å²) >= 11 is 0.815. The van der Waals surface area contributed by atoms with E-state index in [9.17, 15) is 0 Å². The molecule has 0 aliphatic carbocycles. The maximum absolute atomic E-state index is 2.25.